The summed E-state index contributed by atoms with van der Waals surface area (Å²) < 4.78 is 2.85. The van der Waals surface area contributed by atoms with Gasteiger partial charge in [-0.15, -0.1) is 0 Å². The van der Waals surface area contributed by atoms with Crippen LogP contribution in [0.3, 0.4) is 0 Å². The van der Waals surface area contributed by atoms with E-state index in [1.54, 1.807) is 4.90 Å². The molecule has 0 aromatic carbocycles. The third-order valence-corrected chi connectivity index (χ3v) is 3.17. The Hall–Kier alpha value is -0.810. The van der Waals surface area contributed by atoms with Crippen LogP contribution in [-0.2, 0) is 0 Å². The highest BCUT2D eigenvalue weighted by atomic mass is 79.9. The average Bonchev–Trinajstić information content (AvgIpc) is 2.54. The zero-order valence-corrected chi connectivity index (χ0v) is 10.9. The molecule has 0 aliphatic carbocycles. The predicted molar refractivity (Wildman–Crippen MR) is 64.4 cm³/mol. The zero-order chi connectivity index (χ0) is 11.9. The highest BCUT2D eigenvalue weighted by molar-refractivity contribution is 9.10. The SMILES string of the molecule is CC(C)n1cc(Br)cc1C(=O)N1CC(O)C1. The minimum absolute atomic E-state index is 0.00954. The van der Waals surface area contributed by atoms with Gasteiger partial charge in [0.1, 0.15) is 5.69 Å². The summed E-state index contributed by atoms with van der Waals surface area (Å²) >= 11 is 3.38. The highest BCUT2D eigenvalue weighted by Crippen LogP contribution is 2.22. The first-order valence-electron chi connectivity index (χ1n) is 5.33. The molecule has 1 saturated heterocycles. The minimum atomic E-state index is -0.352. The molecule has 88 valence electrons. The van der Waals surface area contributed by atoms with E-state index in [-0.39, 0.29) is 18.1 Å². The molecule has 1 aromatic heterocycles. The van der Waals surface area contributed by atoms with E-state index < -0.39 is 0 Å². The van der Waals surface area contributed by atoms with E-state index in [4.69, 9.17) is 0 Å². The molecule has 2 rings (SSSR count). The number of likely N-dealkylation sites (tertiary alicyclic amines) is 1. The second-order valence-corrected chi connectivity index (χ2v) is 5.32. The normalized spacial score (nSPS) is 16.7. The second kappa shape index (κ2) is 4.22. The number of carbonyl (C=O) groups is 1. The number of amides is 1. The van der Waals surface area contributed by atoms with Gasteiger partial charge in [0.15, 0.2) is 0 Å². The average molecular weight is 287 g/mol. The molecule has 1 aromatic rings. The van der Waals surface area contributed by atoms with Crippen molar-refractivity contribution in [2.45, 2.75) is 26.0 Å². The maximum Gasteiger partial charge on any atom is 0.270 e. The van der Waals surface area contributed by atoms with Gasteiger partial charge in [-0.25, -0.2) is 0 Å². The maximum absolute atomic E-state index is 12.1. The molecule has 1 amide bonds. The van der Waals surface area contributed by atoms with E-state index in [9.17, 15) is 9.90 Å². The molecule has 0 bridgehead atoms. The lowest BCUT2D eigenvalue weighted by atomic mass is 10.1. The van der Waals surface area contributed by atoms with Crippen molar-refractivity contribution in [1.82, 2.24) is 9.47 Å². The van der Waals surface area contributed by atoms with Crippen molar-refractivity contribution in [3.63, 3.8) is 0 Å². The predicted octanol–water partition coefficient (Wildman–Crippen LogP) is 1.65. The summed E-state index contributed by atoms with van der Waals surface area (Å²) in [4.78, 5) is 13.7. The largest absolute Gasteiger partial charge is 0.389 e. The van der Waals surface area contributed by atoms with Crippen LogP contribution in [0.1, 0.15) is 30.4 Å². The molecular formula is C11H15BrN2O2. The number of carbonyl (C=O) groups excluding carboxylic acids is 1. The van der Waals surface area contributed by atoms with Crippen molar-refractivity contribution in [3.05, 3.63) is 22.4 Å². The molecular weight excluding hydrogens is 272 g/mol. The van der Waals surface area contributed by atoms with Crippen molar-refractivity contribution in [2.24, 2.45) is 0 Å². The Bertz CT molecular complexity index is 408. The van der Waals surface area contributed by atoms with Gasteiger partial charge in [-0.1, -0.05) is 0 Å². The van der Waals surface area contributed by atoms with Crippen LogP contribution in [0.25, 0.3) is 0 Å². The topological polar surface area (TPSA) is 45.5 Å². The van der Waals surface area contributed by atoms with Crippen LogP contribution in [-0.4, -0.2) is 39.7 Å². The van der Waals surface area contributed by atoms with Gasteiger partial charge in [-0.2, -0.15) is 0 Å². The summed E-state index contributed by atoms with van der Waals surface area (Å²) in [6.45, 7) is 4.96. The number of nitrogens with zero attached hydrogens (tertiary/aromatic N) is 2. The van der Waals surface area contributed by atoms with Crippen LogP contribution in [0.5, 0.6) is 0 Å². The summed E-state index contributed by atoms with van der Waals surface area (Å²) in [5.41, 5.74) is 0.675. The first-order valence-corrected chi connectivity index (χ1v) is 6.13. The fourth-order valence-electron chi connectivity index (χ4n) is 1.83. The lowest BCUT2D eigenvalue weighted by Gasteiger charge is -2.36. The first kappa shape index (κ1) is 11.7. The van der Waals surface area contributed by atoms with E-state index in [1.165, 1.54) is 0 Å². The quantitative estimate of drug-likeness (QED) is 0.899. The Morgan fingerprint density at radius 1 is 1.56 bits per heavy atom. The van der Waals surface area contributed by atoms with Gasteiger partial charge in [0.25, 0.3) is 5.91 Å². The number of rotatable bonds is 2. The van der Waals surface area contributed by atoms with E-state index in [0.717, 1.165) is 4.47 Å². The number of halogens is 1. The van der Waals surface area contributed by atoms with Gasteiger partial charge in [-0.05, 0) is 35.8 Å². The summed E-state index contributed by atoms with van der Waals surface area (Å²) in [5.74, 6) is -0.00954. The lowest BCUT2D eigenvalue weighted by molar-refractivity contribution is 0.00511. The summed E-state index contributed by atoms with van der Waals surface area (Å²) in [7, 11) is 0. The molecule has 1 aliphatic rings. The number of hydrogen-bond donors (Lipinski definition) is 1. The first-order chi connectivity index (χ1) is 7.49. The third kappa shape index (κ3) is 2.01. The third-order valence-electron chi connectivity index (χ3n) is 2.74. The van der Waals surface area contributed by atoms with Crippen molar-refractivity contribution in [1.29, 1.82) is 0 Å². The molecule has 5 heteroatoms. The lowest BCUT2D eigenvalue weighted by Crippen LogP contribution is -2.53. The number of aromatic nitrogens is 1. The van der Waals surface area contributed by atoms with E-state index >= 15 is 0 Å². The Morgan fingerprint density at radius 3 is 2.69 bits per heavy atom. The van der Waals surface area contributed by atoms with Crippen LogP contribution in [0.4, 0.5) is 0 Å². The minimum Gasteiger partial charge on any atom is -0.389 e. The molecule has 0 atom stereocenters. The molecule has 2 heterocycles. The van der Waals surface area contributed by atoms with Gasteiger partial charge >= 0.3 is 0 Å². The van der Waals surface area contributed by atoms with Gasteiger partial charge in [0.2, 0.25) is 0 Å². The molecule has 4 nitrogen and oxygen atoms in total. The van der Waals surface area contributed by atoms with Gasteiger partial charge in [0.05, 0.1) is 6.10 Å². The van der Waals surface area contributed by atoms with Crippen molar-refractivity contribution < 1.29 is 9.90 Å². The molecule has 1 aliphatic heterocycles. The Kier molecular flexibility index (Phi) is 3.08. The molecule has 16 heavy (non-hydrogen) atoms. The van der Waals surface area contributed by atoms with Crippen molar-refractivity contribution in [2.75, 3.05) is 13.1 Å². The molecule has 0 unspecified atom stereocenters. The van der Waals surface area contributed by atoms with Crippen molar-refractivity contribution in [3.8, 4) is 0 Å². The van der Waals surface area contributed by atoms with Gasteiger partial charge in [-0.3, -0.25) is 4.79 Å². The van der Waals surface area contributed by atoms with E-state index in [0.29, 0.717) is 18.8 Å². The zero-order valence-electron chi connectivity index (χ0n) is 9.35. The highest BCUT2D eigenvalue weighted by Gasteiger charge is 2.31. The number of hydrogen-bond acceptors (Lipinski definition) is 2. The van der Waals surface area contributed by atoms with Crippen LogP contribution < -0.4 is 0 Å². The molecule has 1 fully saturated rings. The Labute approximate surface area is 103 Å². The number of aliphatic hydroxyl groups excluding tert-OH is 1. The number of aliphatic hydroxyl groups is 1. The Morgan fingerprint density at radius 2 is 2.19 bits per heavy atom. The molecule has 1 N–H and O–H groups in total. The molecule has 0 saturated carbocycles. The number of β-amino-alcohol motifs (C(OH)–C–C–N with tert-alkyl or cyclic N) is 1. The molecule has 0 spiro atoms. The van der Waals surface area contributed by atoms with Crippen molar-refractivity contribution >= 4 is 21.8 Å². The van der Waals surface area contributed by atoms with Gasteiger partial charge < -0.3 is 14.6 Å². The van der Waals surface area contributed by atoms with E-state index in [2.05, 4.69) is 15.9 Å². The van der Waals surface area contributed by atoms with Crippen LogP contribution in [0, 0.1) is 0 Å². The van der Waals surface area contributed by atoms with Crippen LogP contribution >= 0.6 is 15.9 Å². The second-order valence-electron chi connectivity index (χ2n) is 4.41. The van der Waals surface area contributed by atoms with Crippen LogP contribution in [0.15, 0.2) is 16.7 Å². The van der Waals surface area contributed by atoms with E-state index in [1.807, 2.05) is 30.7 Å². The summed E-state index contributed by atoms with van der Waals surface area (Å²) in [5, 5.41) is 9.19. The Balaban J connectivity index is 2.22. The smallest absolute Gasteiger partial charge is 0.270 e. The maximum atomic E-state index is 12.1. The fraction of sp³-hybridized carbons (Fsp3) is 0.545. The summed E-state index contributed by atoms with van der Waals surface area (Å²) in [6, 6.07) is 2.07. The summed E-state index contributed by atoms with van der Waals surface area (Å²) in [6.07, 6.45) is 1.56. The van der Waals surface area contributed by atoms with Crippen LogP contribution in [0.2, 0.25) is 0 Å². The fourth-order valence-corrected chi connectivity index (χ4v) is 2.26. The van der Waals surface area contributed by atoms with Gasteiger partial charge in [0, 0.05) is 29.8 Å². The molecule has 0 radical (unpaired) electrons. The standard InChI is InChI=1S/C11H15BrN2O2/c1-7(2)14-4-8(12)3-10(14)11(16)13-5-9(15)6-13/h3-4,7,9,15H,5-6H2,1-2H3. The monoisotopic (exact) mass is 286 g/mol.